The maximum absolute atomic E-state index is 5.64. The van der Waals surface area contributed by atoms with Crippen LogP contribution in [0.15, 0.2) is 18.2 Å². The largest absolute Gasteiger partial charge is 0.490 e. The molecule has 0 aliphatic heterocycles. The fourth-order valence-corrected chi connectivity index (χ4v) is 2.66. The Balaban J connectivity index is 2.22. The average molecular weight is 307 g/mol. The summed E-state index contributed by atoms with van der Waals surface area (Å²) in [4.78, 5) is 0. The van der Waals surface area contributed by atoms with Gasteiger partial charge in [-0.25, -0.2) is 0 Å². The predicted octanol–water partition coefficient (Wildman–Crippen LogP) is 3.11. The van der Waals surface area contributed by atoms with E-state index >= 15 is 0 Å². The van der Waals surface area contributed by atoms with E-state index in [-0.39, 0.29) is 0 Å². The number of nitrogens with zero attached hydrogens (tertiary/aromatic N) is 2. The van der Waals surface area contributed by atoms with Crippen LogP contribution in [0, 0.1) is 0 Å². The Bertz CT molecular complexity index is 572. The summed E-state index contributed by atoms with van der Waals surface area (Å²) in [6.45, 7) is 8.89. The molecule has 21 heavy (non-hydrogen) atoms. The molecular weight excluding hydrogens is 286 g/mol. The summed E-state index contributed by atoms with van der Waals surface area (Å²) < 4.78 is 11.2. The van der Waals surface area contributed by atoms with Crippen LogP contribution in [0.25, 0.3) is 10.6 Å². The molecule has 1 aromatic carbocycles. The van der Waals surface area contributed by atoms with Crippen LogP contribution < -0.4 is 14.8 Å². The van der Waals surface area contributed by atoms with E-state index in [1.54, 1.807) is 11.3 Å². The molecule has 0 fully saturated rings. The summed E-state index contributed by atoms with van der Waals surface area (Å²) in [6, 6.07) is 5.88. The number of aromatic nitrogens is 2. The van der Waals surface area contributed by atoms with E-state index in [0.717, 1.165) is 40.2 Å². The van der Waals surface area contributed by atoms with Crippen molar-refractivity contribution in [3.63, 3.8) is 0 Å². The number of ether oxygens (including phenoxy) is 2. The molecule has 0 saturated carbocycles. The van der Waals surface area contributed by atoms with Crippen molar-refractivity contribution in [3.05, 3.63) is 23.2 Å². The second kappa shape index (κ2) is 7.95. The van der Waals surface area contributed by atoms with Gasteiger partial charge >= 0.3 is 0 Å². The fourth-order valence-electron chi connectivity index (χ4n) is 1.86. The zero-order valence-corrected chi connectivity index (χ0v) is 13.5. The minimum atomic E-state index is 0.602. The first-order chi connectivity index (χ1) is 10.3. The number of hydrogen-bond donors (Lipinski definition) is 1. The van der Waals surface area contributed by atoms with Crippen LogP contribution in [0.1, 0.15) is 25.8 Å². The van der Waals surface area contributed by atoms with Crippen LogP contribution in [-0.4, -0.2) is 30.0 Å². The first-order valence-electron chi connectivity index (χ1n) is 7.21. The topological polar surface area (TPSA) is 56.3 Å². The molecule has 2 aromatic rings. The Labute approximate surface area is 129 Å². The molecule has 5 nitrogen and oxygen atoms in total. The quantitative estimate of drug-likeness (QED) is 0.812. The third kappa shape index (κ3) is 4.15. The van der Waals surface area contributed by atoms with Crippen molar-refractivity contribution < 1.29 is 9.47 Å². The van der Waals surface area contributed by atoms with Gasteiger partial charge < -0.3 is 14.8 Å². The molecule has 0 atom stereocenters. The molecule has 0 bridgehead atoms. The maximum atomic E-state index is 5.64. The summed E-state index contributed by atoms with van der Waals surface area (Å²) in [6.07, 6.45) is 0. The molecule has 0 unspecified atom stereocenters. The molecule has 114 valence electrons. The lowest BCUT2D eigenvalue weighted by atomic mass is 10.2. The van der Waals surface area contributed by atoms with E-state index in [2.05, 4.69) is 22.4 Å². The summed E-state index contributed by atoms with van der Waals surface area (Å²) in [5.41, 5.74) is 1.00. The summed E-state index contributed by atoms with van der Waals surface area (Å²) in [7, 11) is 0. The van der Waals surface area contributed by atoms with E-state index < -0.39 is 0 Å². The van der Waals surface area contributed by atoms with Gasteiger partial charge in [-0.05, 0) is 38.6 Å². The van der Waals surface area contributed by atoms with Crippen LogP contribution in [-0.2, 0) is 6.54 Å². The Kier molecular flexibility index (Phi) is 5.95. The molecule has 1 N–H and O–H groups in total. The van der Waals surface area contributed by atoms with Crippen molar-refractivity contribution in [2.24, 2.45) is 0 Å². The first-order valence-corrected chi connectivity index (χ1v) is 8.03. The van der Waals surface area contributed by atoms with Crippen LogP contribution in [0.4, 0.5) is 0 Å². The standard InChI is InChI=1S/C15H21N3O2S/c1-4-16-10-14-17-18-15(21-14)11-7-8-12(19-5-2)13(9-11)20-6-3/h7-9,16H,4-6,10H2,1-3H3. The molecule has 0 aliphatic carbocycles. The molecule has 1 aromatic heterocycles. The van der Waals surface area contributed by atoms with E-state index in [1.807, 2.05) is 32.0 Å². The van der Waals surface area contributed by atoms with Crippen LogP contribution in [0.3, 0.4) is 0 Å². The second-order valence-electron chi connectivity index (χ2n) is 4.31. The van der Waals surface area contributed by atoms with Crippen LogP contribution >= 0.6 is 11.3 Å². The van der Waals surface area contributed by atoms with Gasteiger partial charge in [0.15, 0.2) is 11.5 Å². The zero-order valence-electron chi connectivity index (χ0n) is 12.7. The van der Waals surface area contributed by atoms with Gasteiger partial charge in [0.25, 0.3) is 0 Å². The lowest BCUT2D eigenvalue weighted by molar-refractivity contribution is 0.288. The zero-order chi connectivity index (χ0) is 15.1. The lowest BCUT2D eigenvalue weighted by Crippen LogP contribution is -2.11. The van der Waals surface area contributed by atoms with Gasteiger partial charge in [0.1, 0.15) is 10.0 Å². The Morgan fingerprint density at radius 2 is 1.81 bits per heavy atom. The van der Waals surface area contributed by atoms with Gasteiger partial charge in [0.2, 0.25) is 0 Å². The minimum Gasteiger partial charge on any atom is -0.490 e. The fraction of sp³-hybridized carbons (Fsp3) is 0.467. The Morgan fingerprint density at radius 1 is 1.05 bits per heavy atom. The molecule has 0 spiro atoms. The molecule has 6 heteroatoms. The van der Waals surface area contributed by atoms with E-state index in [0.29, 0.717) is 13.2 Å². The molecule has 2 rings (SSSR count). The third-order valence-electron chi connectivity index (χ3n) is 2.78. The third-order valence-corrected chi connectivity index (χ3v) is 3.76. The van der Waals surface area contributed by atoms with E-state index in [1.165, 1.54) is 0 Å². The predicted molar refractivity (Wildman–Crippen MR) is 85.1 cm³/mol. The van der Waals surface area contributed by atoms with Crippen molar-refractivity contribution in [2.45, 2.75) is 27.3 Å². The molecule has 0 saturated heterocycles. The van der Waals surface area contributed by atoms with E-state index in [9.17, 15) is 0 Å². The van der Waals surface area contributed by atoms with Gasteiger partial charge in [0, 0.05) is 12.1 Å². The normalized spacial score (nSPS) is 10.6. The van der Waals surface area contributed by atoms with Crippen molar-refractivity contribution >= 4 is 11.3 Å². The second-order valence-corrected chi connectivity index (χ2v) is 5.37. The van der Waals surface area contributed by atoms with Gasteiger partial charge in [-0.2, -0.15) is 0 Å². The summed E-state index contributed by atoms with van der Waals surface area (Å²) in [5.74, 6) is 1.51. The average Bonchev–Trinajstić information content (AvgIpc) is 2.96. The highest BCUT2D eigenvalue weighted by atomic mass is 32.1. The Hall–Kier alpha value is -1.66. The SMILES string of the molecule is CCNCc1nnc(-c2ccc(OCC)c(OCC)c2)s1. The van der Waals surface area contributed by atoms with Gasteiger partial charge in [-0.1, -0.05) is 18.3 Å². The maximum Gasteiger partial charge on any atom is 0.161 e. The number of hydrogen-bond acceptors (Lipinski definition) is 6. The van der Waals surface area contributed by atoms with Crippen molar-refractivity contribution in [2.75, 3.05) is 19.8 Å². The van der Waals surface area contributed by atoms with Crippen LogP contribution in [0.2, 0.25) is 0 Å². The summed E-state index contributed by atoms with van der Waals surface area (Å²) in [5, 5.41) is 13.6. The van der Waals surface area contributed by atoms with Crippen molar-refractivity contribution in [1.29, 1.82) is 0 Å². The first kappa shape index (κ1) is 15.7. The highest BCUT2D eigenvalue weighted by Gasteiger charge is 2.11. The van der Waals surface area contributed by atoms with Crippen molar-refractivity contribution in [1.82, 2.24) is 15.5 Å². The van der Waals surface area contributed by atoms with Crippen LogP contribution in [0.5, 0.6) is 11.5 Å². The monoisotopic (exact) mass is 307 g/mol. The molecule has 1 heterocycles. The van der Waals surface area contributed by atoms with Gasteiger partial charge in [0.05, 0.1) is 13.2 Å². The number of benzene rings is 1. The van der Waals surface area contributed by atoms with Gasteiger partial charge in [-0.3, -0.25) is 0 Å². The Morgan fingerprint density at radius 3 is 2.52 bits per heavy atom. The smallest absolute Gasteiger partial charge is 0.161 e. The summed E-state index contributed by atoms with van der Waals surface area (Å²) >= 11 is 1.59. The number of nitrogens with one attached hydrogen (secondary N) is 1. The molecule has 0 radical (unpaired) electrons. The molecule has 0 amide bonds. The van der Waals surface area contributed by atoms with E-state index in [4.69, 9.17) is 9.47 Å². The van der Waals surface area contributed by atoms with Crippen molar-refractivity contribution in [3.8, 4) is 22.1 Å². The highest BCUT2D eigenvalue weighted by Crippen LogP contribution is 2.33. The highest BCUT2D eigenvalue weighted by molar-refractivity contribution is 7.14. The lowest BCUT2D eigenvalue weighted by Gasteiger charge is -2.11. The minimum absolute atomic E-state index is 0.602. The molecule has 0 aliphatic rings. The molecular formula is C15H21N3O2S. The van der Waals surface area contributed by atoms with Gasteiger partial charge in [-0.15, -0.1) is 10.2 Å². The number of rotatable bonds is 8.